The van der Waals surface area contributed by atoms with E-state index >= 15 is 0 Å². The van der Waals surface area contributed by atoms with Gasteiger partial charge < -0.3 is 19.3 Å². The molecule has 2 aromatic carbocycles. The van der Waals surface area contributed by atoms with Gasteiger partial charge in [-0.15, -0.1) is 0 Å². The Kier molecular flexibility index (Phi) is 5.91. The van der Waals surface area contributed by atoms with Gasteiger partial charge in [-0.1, -0.05) is 6.07 Å². The summed E-state index contributed by atoms with van der Waals surface area (Å²) in [5.41, 5.74) is 0.285. The number of anilines is 1. The molecule has 1 aliphatic rings. The molecule has 9 nitrogen and oxygen atoms in total. The van der Waals surface area contributed by atoms with Crippen molar-refractivity contribution in [2.24, 2.45) is 0 Å². The monoisotopic (exact) mass is 412 g/mol. The number of imide groups is 2. The highest BCUT2D eigenvalue weighted by Crippen LogP contribution is 2.35. The second kappa shape index (κ2) is 8.56. The van der Waals surface area contributed by atoms with Crippen LogP contribution in [0.25, 0.3) is 6.08 Å². The molecule has 1 aliphatic heterocycles. The second-order valence-electron chi connectivity index (χ2n) is 6.16. The molecule has 3 rings (SSSR count). The Hall–Kier alpha value is -4.01. The Morgan fingerprint density at radius 3 is 2.47 bits per heavy atom. The highest BCUT2D eigenvalue weighted by Gasteiger charge is 2.38. The average Bonchev–Trinajstić information content (AvgIpc) is 2.73. The number of benzene rings is 2. The number of barbiturate groups is 1. The van der Waals surface area contributed by atoms with Gasteiger partial charge in [0, 0.05) is 6.07 Å². The topological polar surface area (TPSA) is 114 Å². The lowest BCUT2D eigenvalue weighted by atomic mass is 10.1. The Balaban J connectivity index is 2.06. The van der Waals surface area contributed by atoms with E-state index in [9.17, 15) is 19.5 Å². The van der Waals surface area contributed by atoms with Gasteiger partial charge in [-0.2, -0.15) is 0 Å². The van der Waals surface area contributed by atoms with Gasteiger partial charge in [0.15, 0.2) is 11.5 Å². The Morgan fingerprint density at radius 1 is 1.03 bits per heavy atom. The summed E-state index contributed by atoms with van der Waals surface area (Å²) < 4.78 is 15.7. The molecule has 2 aromatic rings. The maximum Gasteiger partial charge on any atom is 0.336 e. The lowest BCUT2D eigenvalue weighted by Crippen LogP contribution is -2.54. The summed E-state index contributed by atoms with van der Waals surface area (Å²) in [6, 6.07) is 8.09. The fourth-order valence-electron chi connectivity index (χ4n) is 2.91. The number of nitrogens with zero attached hydrogens (tertiary/aromatic N) is 1. The van der Waals surface area contributed by atoms with Gasteiger partial charge >= 0.3 is 6.03 Å². The summed E-state index contributed by atoms with van der Waals surface area (Å²) in [6.45, 7) is 2.08. The van der Waals surface area contributed by atoms with Crippen molar-refractivity contribution in [3.8, 4) is 23.0 Å². The van der Waals surface area contributed by atoms with Crippen LogP contribution in [0.1, 0.15) is 12.5 Å². The number of hydrogen-bond donors (Lipinski definition) is 2. The van der Waals surface area contributed by atoms with Crippen LogP contribution in [0.5, 0.6) is 23.0 Å². The summed E-state index contributed by atoms with van der Waals surface area (Å²) in [5.74, 6) is -0.894. The maximum absolute atomic E-state index is 13.1. The van der Waals surface area contributed by atoms with Crippen molar-refractivity contribution in [2.45, 2.75) is 6.92 Å². The first-order valence-electron chi connectivity index (χ1n) is 8.98. The second-order valence-corrected chi connectivity index (χ2v) is 6.16. The van der Waals surface area contributed by atoms with E-state index in [0.29, 0.717) is 17.9 Å². The lowest BCUT2D eigenvalue weighted by Gasteiger charge is -2.27. The minimum Gasteiger partial charge on any atom is -0.504 e. The first-order valence-corrected chi connectivity index (χ1v) is 8.98. The summed E-state index contributed by atoms with van der Waals surface area (Å²) in [5, 5.41) is 12.0. The molecule has 1 saturated heterocycles. The van der Waals surface area contributed by atoms with Crippen LogP contribution in [-0.2, 0) is 9.59 Å². The Labute approximate surface area is 172 Å². The number of carbonyl (C=O) groups is 3. The third-order valence-corrected chi connectivity index (χ3v) is 4.32. The molecule has 4 amide bonds. The van der Waals surface area contributed by atoms with Crippen LogP contribution in [-0.4, -0.2) is 43.8 Å². The standard InChI is InChI=1S/C21H20N2O7/c1-4-30-18-10-12(5-7-16(18)24)9-14-19(25)22-21(27)23(20(14)26)15-11-13(28-2)6-8-17(15)29-3/h5-11,24H,4H2,1-3H3,(H,22,25,27)/b14-9+. The smallest absolute Gasteiger partial charge is 0.336 e. The number of aromatic hydroxyl groups is 1. The molecule has 156 valence electrons. The van der Waals surface area contributed by atoms with Crippen LogP contribution in [0.4, 0.5) is 10.5 Å². The van der Waals surface area contributed by atoms with E-state index in [0.717, 1.165) is 4.90 Å². The summed E-state index contributed by atoms with van der Waals surface area (Å²) in [4.78, 5) is 38.7. The predicted molar refractivity (Wildman–Crippen MR) is 108 cm³/mol. The van der Waals surface area contributed by atoms with E-state index in [1.165, 1.54) is 44.6 Å². The Morgan fingerprint density at radius 2 is 1.80 bits per heavy atom. The number of phenols is 1. The predicted octanol–water partition coefficient (Wildman–Crippen LogP) is 2.47. The van der Waals surface area contributed by atoms with Crippen LogP contribution < -0.4 is 24.4 Å². The van der Waals surface area contributed by atoms with Crippen LogP contribution in [0.3, 0.4) is 0 Å². The first kappa shape index (κ1) is 20.7. The van der Waals surface area contributed by atoms with Crippen LogP contribution in [0.15, 0.2) is 42.0 Å². The molecule has 0 saturated carbocycles. The number of urea groups is 1. The molecule has 30 heavy (non-hydrogen) atoms. The quantitative estimate of drug-likeness (QED) is 0.553. The summed E-state index contributed by atoms with van der Waals surface area (Å²) >= 11 is 0. The zero-order chi connectivity index (χ0) is 21.8. The van der Waals surface area contributed by atoms with Gasteiger partial charge in [-0.05, 0) is 42.8 Å². The fraction of sp³-hybridized carbons (Fsp3) is 0.190. The van der Waals surface area contributed by atoms with E-state index in [4.69, 9.17) is 14.2 Å². The average molecular weight is 412 g/mol. The normalized spacial score (nSPS) is 15.2. The zero-order valence-corrected chi connectivity index (χ0v) is 16.6. The van der Waals surface area contributed by atoms with Crippen molar-refractivity contribution in [1.29, 1.82) is 0 Å². The molecule has 1 fully saturated rings. The van der Waals surface area contributed by atoms with Gasteiger partial charge in [-0.3, -0.25) is 14.9 Å². The molecule has 0 radical (unpaired) electrons. The SMILES string of the molecule is CCOc1cc(/C=C2\C(=O)NC(=O)N(c3cc(OC)ccc3OC)C2=O)ccc1O. The van der Waals surface area contributed by atoms with Gasteiger partial charge in [0.05, 0.1) is 26.5 Å². The molecule has 9 heteroatoms. The van der Waals surface area contributed by atoms with Gasteiger partial charge in [0.2, 0.25) is 0 Å². The maximum atomic E-state index is 13.1. The van der Waals surface area contributed by atoms with E-state index < -0.39 is 17.8 Å². The minimum atomic E-state index is -0.908. The number of carbonyl (C=O) groups excluding carboxylic acids is 3. The van der Waals surface area contributed by atoms with Crippen molar-refractivity contribution in [3.05, 3.63) is 47.5 Å². The van der Waals surface area contributed by atoms with Gasteiger partial charge in [0.1, 0.15) is 17.1 Å². The highest BCUT2D eigenvalue weighted by molar-refractivity contribution is 6.39. The molecule has 2 N–H and O–H groups in total. The third-order valence-electron chi connectivity index (χ3n) is 4.32. The first-order chi connectivity index (χ1) is 14.4. The van der Waals surface area contributed by atoms with Crippen LogP contribution >= 0.6 is 0 Å². The number of hydrogen-bond acceptors (Lipinski definition) is 7. The summed E-state index contributed by atoms with van der Waals surface area (Å²) in [6.07, 6.45) is 1.31. The van der Waals surface area contributed by atoms with Crippen molar-refractivity contribution in [2.75, 3.05) is 25.7 Å². The van der Waals surface area contributed by atoms with Gasteiger partial charge in [-0.25, -0.2) is 9.69 Å². The molecular formula is C21H20N2O7. The molecular weight excluding hydrogens is 392 g/mol. The molecule has 0 unspecified atom stereocenters. The minimum absolute atomic E-state index is 0.0728. The Bertz CT molecular complexity index is 1050. The highest BCUT2D eigenvalue weighted by atomic mass is 16.5. The van der Waals surface area contributed by atoms with E-state index in [-0.39, 0.29) is 28.5 Å². The molecule has 0 spiro atoms. The molecule has 0 aliphatic carbocycles. The van der Waals surface area contributed by atoms with E-state index in [1.807, 2.05) is 0 Å². The largest absolute Gasteiger partial charge is 0.504 e. The van der Waals surface area contributed by atoms with E-state index in [2.05, 4.69) is 5.32 Å². The number of phenolic OH excluding ortho intramolecular Hbond substituents is 1. The molecule has 0 bridgehead atoms. The zero-order valence-electron chi connectivity index (χ0n) is 16.6. The van der Waals surface area contributed by atoms with Crippen molar-refractivity contribution in [1.82, 2.24) is 5.32 Å². The molecule has 0 aromatic heterocycles. The van der Waals surface area contributed by atoms with Crippen LogP contribution in [0.2, 0.25) is 0 Å². The number of methoxy groups -OCH3 is 2. The molecule has 0 atom stereocenters. The van der Waals surface area contributed by atoms with E-state index in [1.54, 1.807) is 19.1 Å². The third kappa shape index (κ3) is 3.90. The van der Waals surface area contributed by atoms with Crippen LogP contribution in [0, 0.1) is 0 Å². The van der Waals surface area contributed by atoms with Crippen molar-refractivity contribution in [3.63, 3.8) is 0 Å². The number of amides is 4. The number of ether oxygens (including phenoxy) is 3. The lowest BCUT2D eigenvalue weighted by molar-refractivity contribution is -0.122. The van der Waals surface area contributed by atoms with Crippen molar-refractivity contribution >= 4 is 29.6 Å². The van der Waals surface area contributed by atoms with Crippen molar-refractivity contribution < 1.29 is 33.7 Å². The summed E-state index contributed by atoms with van der Waals surface area (Å²) in [7, 11) is 2.84. The number of nitrogens with one attached hydrogen (secondary N) is 1. The molecule has 1 heterocycles. The fourth-order valence-corrected chi connectivity index (χ4v) is 2.91. The number of rotatable bonds is 6. The van der Waals surface area contributed by atoms with Gasteiger partial charge in [0.25, 0.3) is 11.8 Å².